The van der Waals surface area contributed by atoms with E-state index in [4.69, 9.17) is 0 Å². The molecule has 8 heteroatoms. The van der Waals surface area contributed by atoms with Gasteiger partial charge in [0.2, 0.25) is 5.95 Å². The number of aromatic nitrogens is 3. The van der Waals surface area contributed by atoms with E-state index < -0.39 is 15.9 Å². The number of para-hydroxylation sites is 1. The van der Waals surface area contributed by atoms with E-state index in [0.717, 1.165) is 16.8 Å². The lowest BCUT2D eigenvalue weighted by molar-refractivity contribution is 0.482. The lowest BCUT2D eigenvalue weighted by Gasteiger charge is -2.10. The summed E-state index contributed by atoms with van der Waals surface area (Å²) in [5, 5.41) is 3.16. The first-order valence-corrected chi connectivity index (χ1v) is 10.7. The van der Waals surface area contributed by atoms with E-state index in [1.54, 1.807) is 19.1 Å². The van der Waals surface area contributed by atoms with Gasteiger partial charge in [0.25, 0.3) is 10.1 Å². The summed E-state index contributed by atoms with van der Waals surface area (Å²) < 4.78 is 32.0. The maximum absolute atomic E-state index is 11.4. The van der Waals surface area contributed by atoms with Crippen LogP contribution in [0.4, 0.5) is 11.6 Å². The van der Waals surface area contributed by atoms with Gasteiger partial charge < -0.3 is 5.32 Å². The van der Waals surface area contributed by atoms with Crippen molar-refractivity contribution in [2.45, 2.75) is 26.0 Å². The van der Waals surface area contributed by atoms with E-state index in [9.17, 15) is 13.0 Å². The van der Waals surface area contributed by atoms with Crippen LogP contribution >= 0.6 is 0 Å². The van der Waals surface area contributed by atoms with E-state index in [2.05, 4.69) is 20.3 Å². The van der Waals surface area contributed by atoms with Crippen molar-refractivity contribution < 1.29 is 13.0 Å². The van der Waals surface area contributed by atoms with Gasteiger partial charge in [0, 0.05) is 12.1 Å². The first-order chi connectivity index (χ1) is 13.8. The molecule has 0 aliphatic rings. The molecule has 0 saturated heterocycles. The van der Waals surface area contributed by atoms with Gasteiger partial charge in [0.1, 0.15) is 17.4 Å². The Morgan fingerprint density at radius 1 is 1.07 bits per heavy atom. The van der Waals surface area contributed by atoms with Gasteiger partial charge >= 0.3 is 0 Å². The summed E-state index contributed by atoms with van der Waals surface area (Å²) in [4.78, 5) is 13.2. The number of hydrogen-bond donors (Lipinski definition) is 2. The van der Waals surface area contributed by atoms with Gasteiger partial charge in [0.05, 0.1) is 0 Å². The molecule has 1 aromatic heterocycles. The Hall–Kier alpha value is -3.10. The fourth-order valence-electron chi connectivity index (χ4n) is 2.94. The average molecular weight is 410 g/mol. The van der Waals surface area contributed by atoms with E-state index in [1.807, 2.05) is 55.5 Å². The second-order valence-electron chi connectivity index (χ2n) is 6.55. The van der Waals surface area contributed by atoms with E-state index in [1.165, 1.54) is 0 Å². The molecule has 0 saturated carbocycles. The van der Waals surface area contributed by atoms with Gasteiger partial charge in [-0.2, -0.15) is 18.4 Å². The van der Waals surface area contributed by atoms with Crippen LogP contribution in [0.2, 0.25) is 0 Å². The minimum absolute atomic E-state index is 0.404. The van der Waals surface area contributed by atoms with Gasteiger partial charge in [-0.25, -0.2) is 4.98 Å². The summed E-state index contributed by atoms with van der Waals surface area (Å²) in [6.45, 7) is 3.64. The Labute approximate surface area is 170 Å². The molecule has 0 aliphatic heterocycles. The first-order valence-electron chi connectivity index (χ1n) is 9.05. The molecule has 0 aliphatic carbocycles. The molecule has 3 rings (SSSR count). The zero-order valence-corrected chi connectivity index (χ0v) is 17.0. The molecule has 0 atom stereocenters. The summed E-state index contributed by atoms with van der Waals surface area (Å²) in [7, 11) is -4.14. The number of nitrogens with one attached hydrogen (secondary N) is 1. The second kappa shape index (κ2) is 8.93. The van der Waals surface area contributed by atoms with Crippen molar-refractivity contribution in [3.05, 3.63) is 82.9 Å². The lowest BCUT2D eigenvalue weighted by atomic mass is 10.0. The van der Waals surface area contributed by atoms with Crippen molar-refractivity contribution in [3.8, 4) is 0 Å². The third kappa shape index (κ3) is 6.20. The number of aryl methyl sites for hydroxylation is 1. The predicted octanol–water partition coefficient (Wildman–Crippen LogP) is 3.94. The quantitative estimate of drug-likeness (QED) is 0.569. The van der Waals surface area contributed by atoms with Gasteiger partial charge in [-0.1, -0.05) is 48.6 Å². The van der Waals surface area contributed by atoms with Crippen LogP contribution in [0.15, 0.2) is 54.6 Å². The standard InChI is InChI=1S/C21H22N4O3S/c1-3-7-17-11-10-16(12-18(17)14-29(26,27)28)13-20-22-15(2)23-21(25-20)24-19-8-5-4-6-9-19/h3-12H,13-14H2,1-2H3,(H,26,27,28)(H,22,23,24,25)/b7-3+. The number of anilines is 2. The smallest absolute Gasteiger partial charge is 0.269 e. The Morgan fingerprint density at radius 3 is 2.52 bits per heavy atom. The molecule has 3 aromatic rings. The number of allylic oxidation sites excluding steroid dienone is 1. The van der Waals surface area contributed by atoms with Crippen LogP contribution in [0.5, 0.6) is 0 Å². The Bertz CT molecular complexity index is 1130. The molecule has 7 nitrogen and oxygen atoms in total. The van der Waals surface area contributed by atoms with Crippen LogP contribution < -0.4 is 5.32 Å². The first kappa shape index (κ1) is 20.6. The minimum Gasteiger partial charge on any atom is -0.324 e. The Morgan fingerprint density at radius 2 is 1.83 bits per heavy atom. The van der Waals surface area contributed by atoms with Crippen LogP contribution in [-0.4, -0.2) is 27.9 Å². The fourth-order valence-corrected chi connectivity index (χ4v) is 3.58. The number of nitrogens with zero attached hydrogens (tertiary/aromatic N) is 3. The number of hydrogen-bond acceptors (Lipinski definition) is 6. The molecule has 0 amide bonds. The fraction of sp³-hybridized carbons (Fsp3) is 0.190. The average Bonchev–Trinajstić information content (AvgIpc) is 2.63. The highest BCUT2D eigenvalue weighted by Gasteiger charge is 2.12. The molecule has 2 N–H and O–H groups in total. The van der Waals surface area contributed by atoms with E-state index in [-0.39, 0.29) is 0 Å². The predicted molar refractivity (Wildman–Crippen MR) is 113 cm³/mol. The van der Waals surface area contributed by atoms with Crippen molar-refractivity contribution in [3.63, 3.8) is 0 Å². The van der Waals surface area contributed by atoms with Crippen LogP contribution in [0, 0.1) is 6.92 Å². The van der Waals surface area contributed by atoms with Gasteiger partial charge in [-0.3, -0.25) is 4.55 Å². The van der Waals surface area contributed by atoms with Gasteiger partial charge in [-0.15, -0.1) is 0 Å². The molecule has 0 fully saturated rings. The molecule has 29 heavy (non-hydrogen) atoms. The molecule has 2 aromatic carbocycles. The molecule has 0 bridgehead atoms. The summed E-state index contributed by atoms with van der Waals surface area (Å²) >= 11 is 0. The summed E-state index contributed by atoms with van der Waals surface area (Å²) in [5.41, 5.74) is 2.98. The van der Waals surface area contributed by atoms with Gasteiger partial charge in [0.15, 0.2) is 0 Å². The molecular formula is C21H22N4O3S. The van der Waals surface area contributed by atoms with Crippen molar-refractivity contribution in [1.82, 2.24) is 15.0 Å². The molecular weight excluding hydrogens is 388 g/mol. The zero-order valence-electron chi connectivity index (χ0n) is 16.2. The van der Waals surface area contributed by atoms with Gasteiger partial charge in [-0.05, 0) is 42.7 Å². The Balaban J connectivity index is 1.88. The highest BCUT2D eigenvalue weighted by molar-refractivity contribution is 7.85. The topological polar surface area (TPSA) is 105 Å². The zero-order chi connectivity index (χ0) is 20.9. The van der Waals surface area contributed by atoms with Crippen LogP contribution in [0.3, 0.4) is 0 Å². The van der Waals surface area contributed by atoms with E-state index in [0.29, 0.717) is 29.6 Å². The molecule has 1 heterocycles. The van der Waals surface area contributed by atoms with Crippen molar-refractivity contribution in [2.75, 3.05) is 5.32 Å². The largest absolute Gasteiger partial charge is 0.324 e. The maximum Gasteiger partial charge on any atom is 0.269 e. The van der Waals surface area contributed by atoms with Crippen molar-refractivity contribution in [1.29, 1.82) is 0 Å². The highest BCUT2D eigenvalue weighted by Crippen LogP contribution is 2.19. The summed E-state index contributed by atoms with van der Waals surface area (Å²) in [6.07, 6.45) is 4.03. The third-order valence-electron chi connectivity index (χ3n) is 4.08. The molecule has 150 valence electrons. The molecule has 0 radical (unpaired) electrons. The summed E-state index contributed by atoms with van der Waals surface area (Å²) in [5.74, 6) is 1.14. The summed E-state index contributed by atoms with van der Waals surface area (Å²) in [6, 6.07) is 15.1. The monoisotopic (exact) mass is 410 g/mol. The lowest BCUT2D eigenvalue weighted by Crippen LogP contribution is -2.07. The highest BCUT2D eigenvalue weighted by atomic mass is 32.2. The van der Waals surface area contributed by atoms with Crippen molar-refractivity contribution in [2.24, 2.45) is 0 Å². The van der Waals surface area contributed by atoms with E-state index >= 15 is 0 Å². The maximum atomic E-state index is 11.4. The van der Waals surface area contributed by atoms with Crippen LogP contribution in [-0.2, 0) is 22.3 Å². The number of rotatable bonds is 7. The van der Waals surface area contributed by atoms with Crippen LogP contribution in [0.25, 0.3) is 6.08 Å². The minimum atomic E-state index is -4.14. The SMILES string of the molecule is C/C=C/c1ccc(Cc2nc(C)nc(Nc3ccccc3)n2)cc1CS(=O)(=O)O. The Kier molecular flexibility index (Phi) is 6.36. The van der Waals surface area contributed by atoms with Crippen molar-refractivity contribution >= 4 is 27.8 Å². The van der Waals surface area contributed by atoms with Crippen LogP contribution in [0.1, 0.15) is 35.3 Å². The molecule has 0 spiro atoms. The normalized spacial score (nSPS) is 11.7. The second-order valence-corrected chi connectivity index (χ2v) is 8.00. The third-order valence-corrected chi connectivity index (χ3v) is 4.75. The molecule has 0 unspecified atom stereocenters. The number of benzene rings is 2.